The number of hydrogen-bond acceptors (Lipinski definition) is 3. The Morgan fingerprint density at radius 1 is 1.07 bits per heavy atom. The molecule has 5 nitrogen and oxygen atoms in total. The molecule has 1 aliphatic heterocycles. The Hall–Kier alpha value is -1.50. The zero-order valence-electron chi connectivity index (χ0n) is 16.0. The first-order chi connectivity index (χ1) is 14.0. The Balaban J connectivity index is 1.65. The highest BCUT2D eigenvalue weighted by molar-refractivity contribution is 6.36. The Labute approximate surface area is 186 Å². The fourth-order valence-electron chi connectivity index (χ4n) is 3.20. The molecule has 2 aromatic carbocycles. The van der Waals surface area contributed by atoms with Gasteiger partial charge in [0.2, 0.25) is 0 Å². The number of hydrogen-bond donors (Lipinski definition) is 1. The number of benzene rings is 2. The third-order valence-electron chi connectivity index (χ3n) is 4.73. The SMILES string of the molecule is O=C(Nc1ccc(Cl)cc1Cl)N(CCCN1CCOCC1)Cc1cccc(Cl)c1. The molecule has 2 amide bonds. The number of nitrogens with one attached hydrogen (secondary N) is 1. The van der Waals surface area contributed by atoms with Gasteiger partial charge in [0, 0.05) is 42.8 Å². The first-order valence-electron chi connectivity index (χ1n) is 9.57. The van der Waals surface area contributed by atoms with Crippen LogP contribution in [0.15, 0.2) is 42.5 Å². The number of morpholine rings is 1. The molecule has 0 spiro atoms. The zero-order valence-corrected chi connectivity index (χ0v) is 18.3. The van der Waals surface area contributed by atoms with Crippen LogP contribution in [0.2, 0.25) is 15.1 Å². The van der Waals surface area contributed by atoms with E-state index in [0.717, 1.165) is 44.8 Å². The molecule has 0 unspecified atom stereocenters. The second-order valence-corrected chi connectivity index (χ2v) is 8.19. The lowest BCUT2D eigenvalue weighted by Gasteiger charge is -2.28. The summed E-state index contributed by atoms with van der Waals surface area (Å²) in [5, 5.41) is 4.47. The summed E-state index contributed by atoms with van der Waals surface area (Å²) in [6, 6.07) is 12.3. The maximum atomic E-state index is 13.0. The van der Waals surface area contributed by atoms with Gasteiger partial charge in [-0.3, -0.25) is 4.90 Å². The number of halogens is 3. The van der Waals surface area contributed by atoms with Crippen molar-refractivity contribution < 1.29 is 9.53 Å². The van der Waals surface area contributed by atoms with E-state index in [9.17, 15) is 4.79 Å². The molecular formula is C21H24Cl3N3O2. The quantitative estimate of drug-likeness (QED) is 0.606. The standard InChI is InChI=1S/C21H24Cl3N3O2/c22-17-4-1-3-16(13-17)15-27(8-2-7-26-9-11-29-12-10-26)21(28)25-20-6-5-18(23)14-19(20)24/h1,3-6,13-14H,2,7-12,15H2,(H,25,28). The topological polar surface area (TPSA) is 44.8 Å². The van der Waals surface area contributed by atoms with Gasteiger partial charge in [-0.2, -0.15) is 0 Å². The fraction of sp³-hybridized carbons (Fsp3) is 0.381. The maximum absolute atomic E-state index is 13.0. The Morgan fingerprint density at radius 2 is 1.83 bits per heavy atom. The lowest BCUT2D eigenvalue weighted by atomic mass is 10.2. The van der Waals surface area contributed by atoms with E-state index in [1.54, 1.807) is 23.1 Å². The minimum absolute atomic E-state index is 0.212. The van der Waals surface area contributed by atoms with E-state index in [1.807, 2.05) is 24.3 Å². The minimum Gasteiger partial charge on any atom is -0.379 e. The summed E-state index contributed by atoms with van der Waals surface area (Å²) in [4.78, 5) is 17.1. The van der Waals surface area contributed by atoms with E-state index < -0.39 is 0 Å². The molecule has 0 aromatic heterocycles. The zero-order chi connectivity index (χ0) is 20.6. The van der Waals surface area contributed by atoms with E-state index in [1.165, 1.54) is 0 Å². The van der Waals surface area contributed by atoms with Crippen molar-refractivity contribution in [3.05, 3.63) is 63.1 Å². The summed E-state index contributed by atoms with van der Waals surface area (Å²) >= 11 is 18.3. The number of nitrogens with zero attached hydrogens (tertiary/aromatic N) is 2. The van der Waals surface area contributed by atoms with Crippen LogP contribution in [0.1, 0.15) is 12.0 Å². The number of carbonyl (C=O) groups is 1. The molecule has 0 saturated carbocycles. The number of urea groups is 1. The number of carbonyl (C=O) groups excluding carboxylic acids is 1. The smallest absolute Gasteiger partial charge is 0.322 e. The first kappa shape index (κ1) is 22.2. The number of rotatable bonds is 7. The van der Waals surface area contributed by atoms with Crippen molar-refractivity contribution in [1.29, 1.82) is 0 Å². The van der Waals surface area contributed by atoms with Crippen molar-refractivity contribution in [3.63, 3.8) is 0 Å². The highest BCUT2D eigenvalue weighted by Gasteiger charge is 2.17. The molecule has 1 N–H and O–H groups in total. The summed E-state index contributed by atoms with van der Waals surface area (Å²) in [5.41, 5.74) is 1.51. The Morgan fingerprint density at radius 3 is 2.55 bits per heavy atom. The largest absolute Gasteiger partial charge is 0.379 e. The van der Waals surface area contributed by atoms with Crippen molar-refractivity contribution in [3.8, 4) is 0 Å². The third kappa shape index (κ3) is 7.05. The maximum Gasteiger partial charge on any atom is 0.322 e. The lowest BCUT2D eigenvalue weighted by Crippen LogP contribution is -2.40. The van der Waals surface area contributed by atoms with Gasteiger partial charge >= 0.3 is 6.03 Å². The number of ether oxygens (including phenoxy) is 1. The van der Waals surface area contributed by atoms with Crippen LogP contribution in [0, 0.1) is 0 Å². The van der Waals surface area contributed by atoms with Crippen molar-refractivity contribution in [1.82, 2.24) is 9.80 Å². The summed E-state index contributed by atoms with van der Waals surface area (Å²) in [6.07, 6.45) is 0.863. The van der Waals surface area contributed by atoms with Crippen LogP contribution in [0.25, 0.3) is 0 Å². The molecule has 1 fully saturated rings. The monoisotopic (exact) mass is 455 g/mol. The predicted molar refractivity (Wildman–Crippen MR) is 119 cm³/mol. The molecule has 0 bridgehead atoms. The summed E-state index contributed by atoms with van der Waals surface area (Å²) in [7, 11) is 0. The van der Waals surface area contributed by atoms with Crippen LogP contribution in [0.4, 0.5) is 10.5 Å². The molecule has 2 aromatic rings. The van der Waals surface area contributed by atoms with Crippen LogP contribution < -0.4 is 5.32 Å². The van der Waals surface area contributed by atoms with E-state index in [0.29, 0.717) is 33.8 Å². The molecular weight excluding hydrogens is 433 g/mol. The normalized spacial score (nSPS) is 14.6. The van der Waals surface area contributed by atoms with Crippen LogP contribution in [-0.4, -0.2) is 55.2 Å². The van der Waals surface area contributed by atoms with Crippen LogP contribution in [0.3, 0.4) is 0 Å². The van der Waals surface area contributed by atoms with Crippen molar-refractivity contribution in [2.24, 2.45) is 0 Å². The highest BCUT2D eigenvalue weighted by Crippen LogP contribution is 2.26. The second-order valence-electron chi connectivity index (χ2n) is 6.91. The van der Waals surface area contributed by atoms with Gasteiger partial charge in [-0.15, -0.1) is 0 Å². The number of amides is 2. The number of anilines is 1. The van der Waals surface area contributed by atoms with Gasteiger partial charge in [0.1, 0.15) is 0 Å². The first-order valence-corrected chi connectivity index (χ1v) is 10.7. The van der Waals surface area contributed by atoms with Crippen molar-refractivity contribution >= 4 is 46.5 Å². The molecule has 1 aliphatic rings. The van der Waals surface area contributed by atoms with Gasteiger partial charge in [-0.05, 0) is 42.3 Å². The minimum atomic E-state index is -0.212. The molecule has 0 aliphatic carbocycles. The fourth-order valence-corrected chi connectivity index (χ4v) is 3.87. The molecule has 8 heteroatoms. The summed E-state index contributed by atoms with van der Waals surface area (Å²) in [5.74, 6) is 0. The van der Waals surface area contributed by atoms with E-state index in [2.05, 4.69) is 10.2 Å². The third-order valence-corrected chi connectivity index (χ3v) is 5.51. The molecule has 1 saturated heterocycles. The van der Waals surface area contributed by atoms with Gasteiger partial charge in [-0.25, -0.2) is 4.79 Å². The van der Waals surface area contributed by atoms with Gasteiger partial charge < -0.3 is 15.0 Å². The molecule has 29 heavy (non-hydrogen) atoms. The summed E-state index contributed by atoms with van der Waals surface area (Å²) in [6.45, 7) is 5.39. The van der Waals surface area contributed by atoms with Gasteiger partial charge in [0.25, 0.3) is 0 Å². The van der Waals surface area contributed by atoms with E-state index in [-0.39, 0.29) is 6.03 Å². The second kappa shape index (κ2) is 11.0. The lowest BCUT2D eigenvalue weighted by molar-refractivity contribution is 0.0365. The van der Waals surface area contributed by atoms with Gasteiger partial charge in [0.15, 0.2) is 0 Å². The molecule has 0 radical (unpaired) electrons. The van der Waals surface area contributed by atoms with Gasteiger partial charge in [-0.1, -0.05) is 46.9 Å². The molecule has 3 rings (SSSR count). The van der Waals surface area contributed by atoms with Crippen LogP contribution in [-0.2, 0) is 11.3 Å². The Kier molecular flexibility index (Phi) is 8.45. The molecule has 0 atom stereocenters. The highest BCUT2D eigenvalue weighted by atomic mass is 35.5. The average molecular weight is 457 g/mol. The van der Waals surface area contributed by atoms with E-state index >= 15 is 0 Å². The van der Waals surface area contributed by atoms with Crippen molar-refractivity contribution in [2.45, 2.75) is 13.0 Å². The van der Waals surface area contributed by atoms with Crippen molar-refractivity contribution in [2.75, 3.05) is 44.7 Å². The molecule has 1 heterocycles. The predicted octanol–water partition coefficient (Wildman–Crippen LogP) is 5.40. The average Bonchev–Trinajstić information content (AvgIpc) is 2.70. The summed E-state index contributed by atoms with van der Waals surface area (Å²) < 4.78 is 5.39. The Bertz CT molecular complexity index is 829. The van der Waals surface area contributed by atoms with Crippen LogP contribution in [0.5, 0.6) is 0 Å². The molecule has 156 valence electrons. The van der Waals surface area contributed by atoms with Crippen LogP contribution >= 0.6 is 34.8 Å². The van der Waals surface area contributed by atoms with Gasteiger partial charge in [0.05, 0.1) is 23.9 Å². The van der Waals surface area contributed by atoms with E-state index in [4.69, 9.17) is 39.5 Å².